The molecule has 0 radical (unpaired) electrons. The van der Waals surface area contributed by atoms with Gasteiger partial charge in [-0.15, -0.1) is 11.3 Å². The number of hydrogen-bond acceptors (Lipinski definition) is 5. The monoisotopic (exact) mass is 453 g/mol. The topological polar surface area (TPSA) is 73.2 Å². The van der Waals surface area contributed by atoms with Crippen molar-refractivity contribution in [3.05, 3.63) is 74.6 Å². The summed E-state index contributed by atoms with van der Waals surface area (Å²) in [4.78, 5) is 31.2. The van der Waals surface area contributed by atoms with Gasteiger partial charge in [0, 0.05) is 21.7 Å². The van der Waals surface area contributed by atoms with Crippen LogP contribution in [0.1, 0.15) is 11.4 Å². The van der Waals surface area contributed by atoms with Crippen molar-refractivity contribution in [2.24, 2.45) is 0 Å². The number of hydrogen-bond donors (Lipinski definition) is 1. The van der Waals surface area contributed by atoms with Crippen LogP contribution in [0.3, 0.4) is 0 Å². The molecule has 0 unspecified atom stereocenters. The third-order valence-corrected chi connectivity index (χ3v) is 6.32. The van der Waals surface area contributed by atoms with E-state index in [1.54, 1.807) is 26.2 Å². The van der Waals surface area contributed by atoms with Crippen LogP contribution in [0.5, 0.6) is 5.75 Å². The zero-order valence-corrected chi connectivity index (χ0v) is 18.8. The van der Waals surface area contributed by atoms with Gasteiger partial charge in [0.1, 0.15) is 22.9 Å². The van der Waals surface area contributed by atoms with E-state index in [1.807, 2.05) is 42.6 Å². The first-order valence-corrected chi connectivity index (χ1v) is 10.8. The molecule has 1 amide bonds. The van der Waals surface area contributed by atoms with Crippen LogP contribution in [-0.4, -0.2) is 22.6 Å². The molecule has 0 fully saturated rings. The van der Waals surface area contributed by atoms with Gasteiger partial charge >= 0.3 is 0 Å². The number of benzene rings is 2. The highest BCUT2D eigenvalue weighted by Gasteiger charge is 2.17. The van der Waals surface area contributed by atoms with Crippen molar-refractivity contribution >= 4 is 44.7 Å². The van der Waals surface area contributed by atoms with Crippen molar-refractivity contribution in [1.29, 1.82) is 0 Å². The highest BCUT2D eigenvalue weighted by atomic mass is 35.5. The van der Waals surface area contributed by atoms with Crippen molar-refractivity contribution < 1.29 is 9.53 Å². The molecule has 6 nitrogen and oxygen atoms in total. The summed E-state index contributed by atoms with van der Waals surface area (Å²) >= 11 is 7.54. The van der Waals surface area contributed by atoms with E-state index in [9.17, 15) is 9.59 Å². The van der Waals surface area contributed by atoms with Crippen LogP contribution >= 0.6 is 22.9 Å². The molecule has 2 heterocycles. The van der Waals surface area contributed by atoms with E-state index < -0.39 is 0 Å². The van der Waals surface area contributed by atoms with Gasteiger partial charge in [-0.1, -0.05) is 29.8 Å². The minimum Gasteiger partial charge on any atom is -0.497 e. The highest BCUT2D eigenvalue weighted by Crippen LogP contribution is 2.32. The number of nitrogens with one attached hydrogen (secondary N) is 1. The lowest BCUT2D eigenvalue weighted by Crippen LogP contribution is -2.30. The van der Waals surface area contributed by atoms with Crippen molar-refractivity contribution in [3.8, 4) is 16.9 Å². The van der Waals surface area contributed by atoms with Gasteiger partial charge in [0.05, 0.1) is 12.5 Å². The molecule has 2 aromatic heterocycles. The lowest BCUT2D eigenvalue weighted by molar-refractivity contribution is -0.116. The standard InChI is InChI=1S/C23H20ClN3O3S/c1-13-4-7-16(10-19(13)24)26-20(28)11-27-14(2)25-22-21(23(27)29)18(12-31-22)15-5-8-17(30-3)9-6-15/h4-10,12H,11H2,1-3H3,(H,26,28). The number of aromatic nitrogens is 2. The lowest BCUT2D eigenvalue weighted by atomic mass is 10.1. The summed E-state index contributed by atoms with van der Waals surface area (Å²) in [6, 6.07) is 12.8. The number of carbonyl (C=O) groups excluding carboxylic acids is 1. The molecule has 2 aromatic carbocycles. The van der Waals surface area contributed by atoms with Gasteiger partial charge < -0.3 is 10.1 Å². The fourth-order valence-electron chi connectivity index (χ4n) is 3.31. The van der Waals surface area contributed by atoms with Crippen molar-refractivity contribution in [3.63, 3.8) is 0 Å². The van der Waals surface area contributed by atoms with Gasteiger partial charge in [-0.3, -0.25) is 14.2 Å². The van der Waals surface area contributed by atoms with Gasteiger partial charge in [0.15, 0.2) is 0 Å². The smallest absolute Gasteiger partial charge is 0.263 e. The minimum absolute atomic E-state index is 0.142. The van der Waals surface area contributed by atoms with Crippen LogP contribution in [-0.2, 0) is 11.3 Å². The number of carbonyl (C=O) groups is 1. The summed E-state index contributed by atoms with van der Waals surface area (Å²) < 4.78 is 6.61. The Morgan fingerprint density at radius 2 is 1.94 bits per heavy atom. The average molecular weight is 454 g/mol. The molecule has 0 spiro atoms. The fourth-order valence-corrected chi connectivity index (χ4v) is 4.47. The normalized spacial score (nSPS) is 11.0. The number of aryl methyl sites for hydroxylation is 2. The second-order valence-electron chi connectivity index (χ2n) is 7.12. The maximum Gasteiger partial charge on any atom is 0.263 e. The summed E-state index contributed by atoms with van der Waals surface area (Å²) in [6.45, 7) is 3.47. The Hall–Kier alpha value is -3.16. The molecule has 0 saturated heterocycles. The number of rotatable bonds is 5. The predicted molar refractivity (Wildman–Crippen MR) is 125 cm³/mol. The Morgan fingerprint density at radius 3 is 2.61 bits per heavy atom. The van der Waals surface area contributed by atoms with Gasteiger partial charge in [-0.2, -0.15) is 0 Å². The van der Waals surface area contributed by atoms with Gasteiger partial charge in [0.25, 0.3) is 5.56 Å². The molecular weight excluding hydrogens is 434 g/mol. The maximum atomic E-state index is 13.3. The largest absolute Gasteiger partial charge is 0.497 e. The number of anilines is 1. The Kier molecular flexibility index (Phi) is 5.80. The molecular formula is C23H20ClN3O3S. The zero-order chi connectivity index (χ0) is 22.1. The van der Waals surface area contributed by atoms with Crippen molar-refractivity contribution in [2.75, 3.05) is 12.4 Å². The first-order chi connectivity index (χ1) is 14.9. The molecule has 158 valence electrons. The molecule has 0 aliphatic heterocycles. The van der Waals surface area contributed by atoms with Crippen LogP contribution < -0.4 is 15.6 Å². The van der Waals surface area contributed by atoms with Gasteiger partial charge in [-0.25, -0.2) is 4.98 Å². The van der Waals surface area contributed by atoms with Crippen LogP contribution in [0, 0.1) is 13.8 Å². The Morgan fingerprint density at radius 1 is 1.19 bits per heavy atom. The number of thiophene rings is 1. The third kappa shape index (κ3) is 4.19. The lowest BCUT2D eigenvalue weighted by Gasteiger charge is -2.11. The molecule has 0 aliphatic carbocycles. The third-order valence-electron chi connectivity index (χ3n) is 5.04. The van der Waals surface area contributed by atoms with Crippen LogP contribution in [0.15, 0.2) is 52.6 Å². The molecule has 4 rings (SSSR count). The SMILES string of the molecule is COc1ccc(-c2csc3nc(C)n(CC(=O)Nc4ccc(C)c(Cl)c4)c(=O)c23)cc1. The first kappa shape index (κ1) is 21.1. The molecule has 0 atom stereocenters. The van der Waals surface area contributed by atoms with Crippen LogP contribution in [0.2, 0.25) is 5.02 Å². The molecule has 0 saturated carbocycles. The Balaban J connectivity index is 1.68. The maximum absolute atomic E-state index is 13.3. The molecule has 0 bridgehead atoms. The van der Waals surface area contributed by atoms with E-state index in [0.717, 1.165) is 22.4 Å². The number of methoxy groups -OCH3 is 1. The summed E-state index contributed by atoms with van der Waals surface area (Å²) in [7, 11) is 1.61. The number of halogens is 1. The summed E-state index contributed by atoms with van der Waals surface area (Å²) in [6.07, 6.45) is 0. The van der Waals surface area contributed by atoms with Gasteiger partial charge in [0.2, 0.25) is 5.91 Å². The zero-order valence-electron chi connectivity index (χ0n) is 17.2. The van der Waals surface area contributed by atoms with Gasteiger partial charge in [-0.05, 0) is 49.2 Å². The van der Waals surface area contributed by atoms with E-state index in [4.69, 9.17) is 16.3 Å². The summed E-state index contributed by atoms with van der Waals surface area (Å²) in [5, 5.41) is 5.78. The Bertz CT molecular complexity index is 1340. The first-order valence-electron chi connectivity index (χ1n) is 9.56. The van der Waals surface area contributed by atoms with E-state index in [-0.39, 0.29) is 18.0 Å². The molecule has 1 N–H and O–H groups in total. The quantitative estimate of drug-likeness (QED) is 0.459. The van der Waals surface area contributed by atoms with Crippen LogP contribution in [0.4, 0.5) is 5.69 Å². The van der Waals surface area contributed by atoms with E-state index in [2.05, 4.69) is 10.3 Å². The molecule has 0 aliphatic rings. The van der Waals surface area contributed by atoms with Crippen LogP contribution in [0.25, 0.3) is 21.3 Å². The molecule has 31 heavy (non-hydrogen) atoms. The molecule has 4 aromatic rings. The fraction of sp³-hybridized carbons (Fsp3) is 0.174. The Labute approximate surface area is 188 Å². The summed E-state index contributed by atoms with van der Waals surface area (Å²) in [5.74, 6) is 0.896. The molecule has 8 heteroatoms. The average Bonchev–Trinajstić information content (AvgIpc) is 3.17. The predicted octanol–water partition coefficient (Wildman–Crippen LogP) is 5.04. The highest BCUT2D eigenvalue weighted by molar-refractivity contribution is 7.17. The van der Waals surface area contributed by atoms with E-state index in [0.29, 0.717) is 26.8 Å². The number of ether oxygens (including phenoxy) is 1. The summed E-state index contributed by atoms with van der Waals surface area (Å²) in [5.41, 5.74) is 2.94. The number of fused-ring (bicyclic) bond motifs is 1. The second-order valence-corrected chi connectivity index (χ2v) is 8.39. The second kappa shape index (κ2) is 8.53. The number of nitrogens with zero attached hydrogens (tertiary/aromatic N) is 2. The minimum atomic E-state index is -0.326. The van der Waals surface area contributed by atoms with E-state index >= 15 is 0 Å². The van der Waals surface area contributed by atoms with Crippen molar-refractivity contribution in [1.82, 2.24) is 9.55 Å². The van der Waals surface area contributed by atoms with E-state index in [1.165, 1.54) is 15.9 Å². The van der Waals surface area contributed by atoms with Crippen molar-refractivity contribution in [2.45, 2.75) is 20.4 Å². The number of amides is 1.